The molecule has 2 N–H and O–H groups in total. The molecule has 1 atom stereocenters. The molecule has 0 aliphatic carbocycles. The molecule has 0 amide bonds. The molecule has 1 aromatic rings. The Morgan fingerprint density at radius 3 is 2.70 bits per heavy atom. The van der Waals surface area contributed by atoms with Crippen molar-refractivity contribution in [2.24, 2.45) is 5.73 Å². The van der Waals surface area contributed by atoms with Gasteiger partial charge in [-0.05, 0) is 26.1 Å². The van der Waals surface area contributed by atoms with Crippen molar-refractivity contribution in [1.82, 2.24) is 9.21 Å². The van der Waals surface area contributed by atoms with Gasteiger partial charge in [0, 0.05) is 37.8 Å². The van der Waals surface area contributed by atoms with Crippen LogP contribution in [-0.4, -0.2) is 50.3 Å². The maximum atomic E-state index is 13.7. The Balaban J connectivity index is 2.39. The van der Waals surface area contributed by atoms with Crippen LogP contribution in [0.4, 0.5) is 4.39 Å². The summed E-state index contributed by atoms with van der Waals surface area (Å²) in [7, 11) is -1.74. The Labute approximate surface area is 119 Å². The molecule has 1 aromatic carbocycles. The molecule has 0 saturated carbocycles. The first-order valence-corrected chi connectivity index (χ1v) is 7.99. The molecule has 1 unspecified atom stereocenters. The van der Waals surface area contributed by atoms with E-state index in [9.17, 15) is 12.8 Å². The maximum Gasteiger partial charge on any atom is 0.243 e. The summed E-state index contributed by atoms with van der Waals surface area (Å²) in [5.41, 5.74) is 5.55. The van der Waals surface area contributed by atoms with Crippen molar-refractivity contribution in [1.29, 1.82) is 0 Å². The fourth-order valence-corrected chi connectivity index (χ4v) is 4.11. The van der Waals surface area contributed by atoms with Crippen LogP contribution in [0.3, 0.4) is 0 Å². The Hall–Kier alpha value is -1.02. The molecular weight excluding hydrogens is 281 g/mol. The molecule has 1 saturated heterocycles. The molecule has 1 aliphatic heterocycles. The third-order valence-corrected chi connectivity index (χ3v) is 5.77. The smallest absolute Gasteiger partial charge is 0.243 e. The number of nitrogens with two attached hydrogens (primary N) is 1. The number of hydrogen-bond donors (Lipinski definition) is 1. The van der Waals surface area contributed by atoms with Crippen LogP contribution >= 0.6 is 0 Å². The molecule has 1 aliphatic rings. The number of piperazine rings is 1. The van der Waals surface area contributed by atoms with Crippen molar-refractivity contribution in [2.45, 2.75) is 24.4 Å². The maximum absolute atomic E-state index is 13.7. The second-order valence-electron chi connectivity index (χ2n) is 5.11. The Kier molecular flexibility index (Phi) is 4.43. The number of hydrogen-bond acceptors (Lipinski definition) is 4. The van der Waals surface area contributed by atoms with Gasteiger partial charge in [0.2, 0.25) is 10.0 Å². The second kappa shape index (κ2) is 5.77. The molecule has 7 heteroatoms. The summed E-state index contributed by atoms with van der Waals surface area (Å²) in [6.45, 7) is 3.30. The van der Waals surface area contributed by atoms with Gasteiger partial charge in [-0.2, -0.15) is 4.31 Å². The lowest BCUT2D eigenvalue weighted by Crippen LogP contribution is -2.52. The Bertz CT molecular complexity index is 591. The van der Waals surface area contributed by atoms with E-state index in [2.05, 4.69) is 4.90 Å². The predicted molar refractivity (Wildman–Crippen MR) is 75.1 cm³/mol. The van der Waals surface area contributed by atoms with Crippen LogP contribution in [0.2, 0.25) is 0 Å². The van der Waals surface area contributed by atoms with Crippen LogP contribution < -0.4 is 5.73 Å². The Morgan fingerprint density at radius 2 is 2.10 bits per heavy atom. The van der Waals surface area contributed by atoms with Gasteiger partial charge in [0.05, 0.1) is 4.90 Å². The summed E-state index contributed by atoms with van der Waals surface area (Å²) in [6.07, 6.45) is 0. The highest BCUT2D eigenvalue weighted by Gasteiger charge is 2.32. The zero-order valence-electron chi connectivity index (χ0n) is 11.7. The fraction of sp³-hybridized carbons (Fsp3) is 0.538. The van der Waals surface area contributed by atoms with E-state index in [1.807, 2.05) is 14.0 Å². The monoisotopic (exact) mass is 301 g/mol. The minimum absolute atomic E-state index is 0.0169. The van der Waals surface area contributed by atoms with E-state index < -0.39 is 15.8 Å². The molecule has 5 nitrogen and oxygen atoms in total. The van der Waals surface area contributed by atoms with E-state index in [4.69, 9.17) is 5.73 Å². The highest BCUT2D eigenvalue weighted by molar-refractivity contribution is 7.89. The van der Waals surface area contributed by atoms with Crippen molar-refractivity contribution in [3.05, 3.63) is 29.6 Å². The summed E-state index contributed by atoms with van der Waals surface area (Å²) >= 11 is 0. The molecular formula is C13H20FN3O2S. The van der Waals surface area contributed by atoms with E-state index in [-0.39, 0.29) is 23.0 Å². The van der Waals surface area contributed by atoms with E-state index in [0.717, 1.165) is 0 Å². The second-order valence-corrected chi connectivity index (χ2v) is 7.02. The van der Waals surface area contributed by atoms with Crippen LogP contribution in [0.1, 0.15) is 12.5 Å². The molecule has 1 heterocycles. The number of nitrogens with zero attached hydrogens (tertiary/aromatic N) is 2. The van der Waals surface area contributed by atoms with E-state index >= 15 is 0 Å². The van der Waals surface area contributed by atoms with Crippen molar-refractivity contribution in [3.63, 3.8) is 0 Å². The molecule has 112 valence electrons. The van der Waals surface area contributed by atoms with Gasteiger partial charge in [-0.1, -0.05) is 6.07 Å². The SMILES string of the molecule is CC1CN(S(=O)(=O)c2cccc(F)c2CN)CCN1C. The Morgan fingerprint density at radius 1 is 1.40 bits per heavy atom. The molecule has 0 aromatic heterocycles. The standard InChI is InChI=1S/C13H20FN3O2S/c1-10-9-17(7-6-16(10)2)20(18,19)13-5-3-4-12(14)11(13)8-15/h3-5,10H,6-9,15H2,1-2H3. The number of benzene rings is 1. The average molecular weight is 301 g/mol. The van der Waals surface area contributed by atoms with Gasteiger partial charge < -0.3 is 10.6 Å². The van der Waals surface area contributed by atoms with E-state index in [1.165, 1.54) is 22.5 Å². The number of halogens is 1. The third kappa shape index (κ3) is 2.71. The van der Waals surface area contributed by atoms with Crippen LogP contribution in [0, 0.1) is 5.82 Å². The molecule has 1 fully saturated rings. The average Bonchev–Trinajstić information content (AvgIpc) is 2.41. The van der Waals surface area contributed by atoms with Gasteiger partial charge in [0.25, 0.3) is 0 Å². The first kappa shape index (κ1) is 15.4. The molecule has 0 radical (unpaired) electrons. The zero-order chi connectivity index (χ0) is 14.9. The summed E-state index contributed by atoms with van der Waals surface area (Å²) in [5.74, 6) is -0.573. The highest BCUT2D eigenvalue weighted by atomic mass is 32.2. The lowest BCUT2D eigenvalue weighted by molar-refractivity contribution is 0.159. The van der Waals surface area contributed by atoms with Crippen molar-refractivity contribution >= 4 is 10.0 Å². The zero-order valence-corrected chi connectivity index (χ0v) is 12.5. The lowest BCUT2D eigenvalue weighted by atomic mass is 10.2. The quantitative estimate of drug-likeness (QED) is 0.888. The van der Waals surface area contributed by atoms with E-state index in [0.29, 0.717) is 19.6 Å². The number of likely N-dealkylation sites (N-methyl/N-ethyl adjacent to an activating group) is 1. The number of rotatable bonds is 3. The fourth-order valence-electron chi connectivity index (χ4n) is 2.35. The molecule has 0 bridgehead atoms. The van der Waals surface area contributed by atoms with Gasteiger partial charge >= 0.3 is 0 Å². The number of sulfonamides is 1. The van der Waals surface area contributed by atoms with Crippen molar-refractivity contribution < 1.29 is 12.8 Å². The minimum atomic E-state index is -3.70. The highest BCUT2D eigenvalue weighted by Crippen LogP contribution is 2.24. The summed E-state index contributed by atoms with van der Waals surface area (Å²) in [6, 6.07) is 4.19. The summed E-state index contributed by atoms with van der Waals surface area (Å²) < 4.78 is 40.4. The van der Waals surface area contributed by atoms with Crippen molar-refractivity contribution in [2.75, 3.05) is 26.7 Å². The van der Waals surface area contributed by atoms with Gasteiger partial charge in [0.1, 0.15) is 5.82 Å². The first-order valence-electron chi connectivity index (χ1n) is 6.55. The lowest BCUT2D eigenvalue weighted by Gasteiger charge is -2.37. The normalized spacial score (nSPS) is 22.1. The van der Waals surface area contributed by atoms with Crippen LogP contribution in [0.25, 0.3) is 0 Å². The van der Waals surface area contributed by atoms with Gasteiger partial charge in [-0.3, -0.25) is 0 Å². The minimum Gasteiger partial charge on any atom is -0.326 e. The van der Waals surface area contributed by atoms with Gasteiger partial charge in [0.15, 0.2) is 0 Å². The first-order chi connectivity index (χ1) is 9.37. The van der Waals surface area contributed by atoms with Crippen LogP contribution in [-0.2, 0) is 16.6 Å². The molecule has 0 spiro atoms. The van der Waals surface area contributed by atoms with Crippen molar-refractivity contribution in [3.8, 4) is 0 Å². The van der Waals surface area contributed by atoms with Crippen LogP contribution in [0.5, 0.6) is 0 Å². The summed E-state index contributed by atoms with van der Waals surface area (Å²) in [5, 5.41) is 0. The molecule has 20 heavy (non-hydrogen) atoms. The topological polar surface area (TPSA) is 66.6 Å². The predicted octanol–water partition coefficient (Wildman–Crippen LogP) is 0.609. The van der Waals surface area contributed by atoms with E-state index in [1.54, 1.807) is 0 Å². The third-order valence-electron chi connectivity index (χ3n) is 3.82. The van der Waals surface area contributed by atoms with Crippen LogP contribution in [0.15, 0.2) is 23.1 Å². The van der Waals surface area contributed by atoms with Gasteiger partial charge in [-0.15, -0.1) is 0 Å². The largest absolute Gasteiger partial charge is 0.326 e. The summed E-state index contributed by atoms with van der Waals surface area (Å²) in [4.78, 5) is 2.08. The van der Waals surface area contributed by atoms with Gasteiger partial charge in [-0.25, -0.2) is 12.8 Å². The molecule has 2 rings (SSSR count).